The van der Waals surface area contributed by atoms with Gasteiger partial charge in [0, 0.05) is 23.8 Å². The van der Waals surface area contributed by atoms with Crippen LogP contribution in [0.5, 0.6) is 5.75 Å². The fourth-order valence-corrected chi connectivity index (χ4v) is 3.90. The monoisotopic (exact) mass is 430 g/mol. The van der Waals surface area contributed by atoms with Crippen molar-refractivity contribution in [1.82, 2.24) is 4.72 Å². The van der Waals surface area contributed by atoms with Crippen LogP contribution in [0.3, 0.4) is 0 Å². The molecule has 3 aromatic carbocycles. The van der Waals surface area contributed by atoms with Crippen LogP contribution in [-0.4, -0.2) is 28.1 Å². The molecule has 0 atom stereocenters. The zero-order chi connectivity index (χ0) is 20.5. The molecule has 5 nitrogen and oxygen atoms in total. The Bertz CT molecular complexity index is 1010. The van der Waals surface area contributed by atoms with E-state index in [1.165, 1.54) is 12.1 Å². The Kier molecular flexibility index (Phi) is 7.52. The third kappa shape index (κ3) is 6.78. The largest absolute Gasteiger partial charge is 0.492 e. The van der Waals surface area contributed by atoms with Gasteiger partial charge in [0.2, 0.25) is 10.0 Å². The Labute approximate surface area is 176 Å². The molecule has 0 fully saturated rings. The molecule has 0 aliphatic heterocycles. The summed E-state index contributed by atoms with van der Waals surface area (Å²) in [6.07, 6.45) is 0.562. The van der Waals surface area contributed by atoms with E-state index in [0.29, 0.717) is 31.1 Å². The van der Waals surface area contributed by atoms with Crippen LogP contribution in [0.2, 0.25) is 5.02 Å². The van der Waals surface area contributed by atoms with Crippen LogP contribution in [0.25, 0.3) is 0 Å². The van der Waals surface area contributed by atoms with E-state index in [9.17, 15) is 8.42 Å². The highest BCUT2D eigenvalue weighted by molar-refractivity contribution is 7.89. The topological polar surface area (TPSA) is 67.4 Å². The summed E-state index contributed by atoms with van der Waals surface area (Å²) >= 11 is 5.81. The van der Waals surface area contributed by atoms with E-state index < -0.39 is 10.0 Å². The summed E-state index contributed by atoms with van der Waals surface area (Å²) in [4.78, 5) is 0.199. The van der Waals surface area contributed by atoms with E-state index >= 15 is 0 Å². The van der Waals surface area contributed by atoms with Gasteiger partial charge >= 0.3 is 0 Å². The second-order valence-corrected chi connectivity index (χ2v) is 8.59. The van der Waals surface area contributed by atoms with Crippen molar-refractivity contribution in [2.75, 3.05) is 25.0 Å². The normalized spacial score (nSPS) is 11.2. The van der Waals surface area contributed by atoms with Gasteiger partial charge in [-0.05, 0) is 60.5 Å². The number of para-hydroxylation sites is 1. The number of anilines is 1. The molecule has 0 unspecified atom stereocenters. The fraction of sp³-hybridized carbons (Fsp3) is 0.182. The summed E-state index contributed by atoms with van der Waals surface area (Å²) in [7, 11) is -3.55. The lowest BCUT2D eigenvalue weighted by atomic mass is 10.1. The number of ether oxygens (including phenoxy) is 1. The second-order valence-electron chi connectivity index (χ2n) is 6.39. The SMILES string of the molecule is O=S(=O)(NCCc1cccc(OCCNc2ccccc2)c1)c1ccc(Cl)cc1. The van der Waals surface area contributed by atoms with Crippen LogP contribution >= 0.6 is 11.6 Å². The van der Waals surface area contributed by atoms with Gasteiger partial charge in [-0.25, -0.2) is 13.1 Å². The Hall–Kier alpha value is -2.54. The molecule has 0 amide bonds. The number of sulfonamides is 1. The first-order valence-electron chi connectivity index (χ1n) is 9.29. The van der Waals surface area contributed by atoms with Crippen molar-refractivity contribution in [3.8, 4) is 5.75 Å². The molecule has 152 valence electrons. The maximum Gasteiger partial charge on any atom is 0.240 e. The molecule has 0 spiro atoms. The highest BCUT2D eigenvalue weighted by Crippen LogP contribution is 2.16. The van der Waals surface area contributed by atoms with Gasteiger partial charge in [0.25, 0.3) is 0 Å². The third-order valence-electron chi connectivity index (χ3n) is 4.20. The van der Waals surface area contributed by atoms with Gasteiger partial charge in [-0.2, -0.15) is 0 Å². The molecule has 0 heterocycles. The predicted octanol–water partition coefficient (Wildman–Crippen LogP) is 4.35. The minimum Gasteiger partial charge on any atom is -0.492 e. The van der Waals surface area contributed by atoms with Crippen molar-refractivity contribution < 1.29 is 13.2 Å². The van der Waals surface area contributed by atoms with Crippen LogP contribution < -0.4 is 14.8 Å². The molecule has 3 rings (SSSR count). The number of benzene rings is 3. The van der Waals surface area contributed by atoms with Crippen LogP contribution in [0.15, 0.2) is 83.8 Å². The van der Waals surface area contributed by atoms with Crippen LogP contribution in [0.1, 0.15) is 5.56 Å². The summed E-state index contributed by atoms with van der Waals surface area (Å²) < 4.78 is 33.0. The van der Waals surface area contributed by atoms with E-state index in [0.717, 1.165) is 17.0 Å². The molecule has 3 aromatic rings. The van der Waals surface area contributed by atoms with Gasteiger partial charge in [-0.3, -0.25) is 0 Å². The summed E-state index contributed by atoms with van der Waals surface area (Å²) in [5, 5.41) is 3.79. The highest BCUT2D eigenvalue weighted by atomic mass is 35.5. The van der Waals surface area contributed by atoms with E-state index in [4.69, 9.17) is 16.3 Å². The third-order valence-corrected chi connectivity index (χ3v) is 5.93. The van der Waals surface area contributed by atoms with Crippen molar-refractivity contribution in [2.24, 2.45) is 0 Å². The lowest BCUT2D eigenvalue weighted by Gasteiger charge is -2.10. The Morgan fingerprint density at radius 3 is 2.38 bits per heavy atom. The number of halogens is 1. The zero-order valence-electron chi connectivity index (χ0n) is 15.8. The van der Waals surface area contributed by atoms with Crippen molar-refractivity contribution in [2.45, 2.75) is 11.3 Å². The van der Waals surface area contributed by atoms with Gasteiger partial charge in [0.05, 0.1) is 4.90 Å². The lowest BCUT2D eigenvalue weighted by molar-refractivity contribution is 0.332. The van der Waals surface area contributed by atoms with Crippen molar-refractivity contribution in [3.05, 3.63) is 89.4 Å². The molecule has 0 saturated heterocycles. The Morgan fingerprint density at radius 2 is 1.62 bits per heavy atom. The average Bonchev–Trinajstić information content (AvgIpc) is 2.73. The first-order chi connectivity index (χ1) is 14.0. The van der Waals surface area contributed by atoms with E-state index in [1.807, 2.05) is 54.6 Å². The zero-order valence-corrected chi connectivity index (χ0v) is 17.4. The van der Waals surface area contributed by atoms with Crippen LogP contribution in [-0.2, 0) is 16.4 Å². The van der Waals surface area contributed by atoms with E-state index in [1.54, 1.807) is 12.1 Å². The van der Waals surface area contributed by atoms with Gasteiger partial charge in [0.15, 0.2) is 0 Å². The van der Waals surface area contributed by atoms with Crippen molar-refractivity contribution in [3.63, 3.8) is 0 Å². The Morgan fingerprint density at radius 1 is 0.862 bits per heavy atom. The predicted molar refractivity (Wildman–Crippen MR) is 117 cm³/mol. The minimum atomic E-state index is -3.55. The second kappa shape index (κ2) is 10.3. The first kappa shape index (κ1) is 21.2. The summed E-state index contributed by atoms with van der Waals surface area (Å²) in [6, 6.07) is 23.7. The number of rotatable bonds is 10. The maximum atomic E-state index is 12.3. The smallest absolute Gasteiger partial charge is 0.240 e. The van der Waals surface area contributed by atoms with Gasteiger partial charge < -0.3 is 10.1 Å². The summed E-state index contributed by atoms with van der Waals surface area (Å²) in [6.45, 7) is 1.51. The van der Waals surface area contributed by atoms with Gasteiger partial charge in [-0.1, -0.05) is 41.9 Å². The van der Waals surface area contributed by atoms with Crippen molar-refractivity contribution in [1.29, 1.82) is 0 Å². The first-order valence-corrected chi connectivity index (χ1v) is 11.1. The lowest BCUT2D eigenvalue weighted by Crippen LogP contribution is -2.25. The quantitative estimate of drug-likeness (QED) is 0.469. The number of hydrogen-bond acceptors (Lipinski definition) is 4. The van der Waals surface area contributed by atoms with Gasteiger partial charge in [0.1, 0.15) is 12.4 Å². The summed E-state index contributed by atoms with van der Waals surface area (Å²) in [5.41, 5.74) is 2.05. The van der Waals surface area contributed by atoms with Crippen LogP contribution in [0.4, 0.5) is 5.69 Å². The van der Waals surface area contributed by atoms with E-state index in [-0.39, 0.29) is 4.90 Å². The average molecular weight is 431 g/mol. The molecule has 0 aliphatic carbocycles. The molecular formula is C22H23ClN2O3S. The standard InChI is InChI=1S/C22H23ClN2O3S/c23-19-9-11-22(12-10-19)29(26,27)25-14-13-18-5-4-8-21(17-18)28-16-15-24-20-6-2-1-3-7-20/h1-12,17,24-25H,13-16H2. The van der Waals surface area contributed by atoms with Crippen molar-refractivity contribution >= 4 is 27.3 Å². The maximum absolute atomic E-state index is 12.3. The molecule has 7 heteroatoms. The van der Waals surface area contributed by atoms with Gasteiger partial charge in [-0.15, -0.1) is 0 Å². The minimum absolute atomic E-state index is 0.199. The van der Waals surface area contributed by atoms with E-state index in [2.05, 4.69) is 10.0 Å². The molecule has 0 bridgehead atoms. The molecule has 0 aliphatic rings. The Balaban J connectivity index is 1.45. The number of nitrogens with one attached hydrogen (secondary N) is 2. The highest BCUT2D eigenvalue weighted by Gasteiger charge is 2.13. The molecule has 2 N–H and O–H groups in total. The molecule has 29 heavy (non-hydrogen) atoms. The molecule has 0 saturated carbocycles. The molecule has 0 radical (unpaired) electrons. The summed E-state index contributed by atoms with van der Waals surface area (Å²) in [5.74, 6) is 0.762. The molecule has 0 aromatic heterocycles. The van der Waals surface area contributed by atoms with Crippen LogP contribution in [0, 0.1) is 0 Å². The number of hydrogen-bond donors (Lipinski definition) is 2. The molecular weight excluding hydrogens is 408 g/mol. The fourth-order valence-electron chi connectivity index (χ4n) is 2.74.